The number of furan rings is 1. The molecule has 2 aliphatic rings. The Morgan fingerprint density at radius 3 is 2.42 bits per heavy atom. The minimum Gasteiger partial charge on any atom is -0.457 e. The number of rotatable bonds is 1. The summed E-state index contributed by atoms with van der Waals surface area (Å²) in [5, 5.41) is 2.33. The standard InChI is InChI=1S/C21H22BN3O/c1-21(2)24(4)17-10-6-7-11-18(17)25(21)22-13-20-16(14-23(22)3)15-9-5-8-12-19(15)26-20/h5-14H,1-4H3. The van der Waals surface area contributed by atoms with Crippen molar-refractivity contribution in [2.45, 2.75) is 19.5 Å². The van der Waals surface area contributed by atoms with Gasteiger partial charge in [-0.3, -0.25) is 0 Å². The molecule has 3 aromatic rings. The molecule has 0 radical (unpaired) electrons. The van der Waals surface area contributed by atoms with Crippen LogP contribution in [0.2, 0.25) is 0 Å². The second kappa shape index (κ2) is 5.10. The molecule has 0 N–H and O–H groups in total. The lowest BCUT2D eigenvalue weighted by Gasteiger charge is -2.43. The highest BCUT2D eigenvalue weighted by molar-refractivity contribution is 6.75. The van der Waals surface area contributed by atoms with Gasteiger partial charge in [0.15, 0.2) is 0 Å². The van der Waals surface area contributed by atoms with Gasteiger partial charge in [-0.2, -0.15) is 0 Å². The maximum atomic E-state index is 6.16. The molecule has 2 aromatic carbocycles. The molecule has 0 bridgehead atoms. The highest BCUT2D eigenvalue weighted by Gasteiger charge is 2.46. The van der Waals surface area contributed by atoms with Crippen molar-refractivity contribution < 1.29 is 4.42 Å². The molecule has 0 unspecified atom stereocenters. The summed E-state index contributed by atoms with van der Waals surface area (Å²) in [5.41, 5.74) is 4.27. The van der Waals surface area contributed by atoms with E-state index in [4.69, 9.17) is 4.42 Å². The highest BCUT2D eigenvalue weighted by Crippen LogP contribution is 2.44. The van der Waals surface area contributed by atoms with Crippen LogP contribution in [0.4, 0.5) is 11.4 Å². The maximum absolute atomic E-state index is 6.16. The molecule has 3 heterocycles. The molecule has 0 saturated carbocycles. The number of fused-ring (bicyclic) bond motifs is 4. The Morgan fingerprint density at radius 1 is 0.923 bits per heavy atom. The largest absolute Gasteiger partial charge is 0.457 e. The SMILES string of the molecule is CN1C=c2c(oc3ccccc23)=CB1N1c2ccccc2N(C)C1(C)C. The van der Waals surface area contributed by atoms with Gasteiger partial charge >= 0.3 is 6.98 Å². The van der Waals surface area contributed by atoms with Crippen LogP contribution in [0, 0.1) is 0 Å². The molecule has 0 aliphatic carbocycles. The molecule has 0 saturated heterocycles. The Balaban J connectivity index is 1.72. The second-order valence-corrected chi connectivity index (χ2v) is 7.66. The van der Waals surface area contributed by atoms with Crippen LogP contribution in [0.25, 0.3) is 23.1 Å². The zero-order chi connectivity index (χ0) is 18.1. The van der Waals surface area contributed by atoms with Gasteiger partial charge in [0, 0.05) is 23.9 Å². The fraction of sp³-hybridized carbons (Fsp3) is 0.238. The summed E-state index contributed by atoms with van der Waals surface area (Å²) in [6.45, 7) is 4.62. The predicted molar refractivity (Wildman–Crippen MR) is 109 cm³/mol. The van der Waals surface area contributed by atoms with E-state index in [1.165, 1.54) is 16.8 Å². The number of anilines is 2. The lowest BCUT2D eigenvalue weighted by atomic mass is 9.68. The lowest BCUT2D eigenvalue weighted by Crippen LogP contribution is -2.62. The normalized spacial score (nSPS) is 17.8. The first-order valence-electron chi connectivity index (χ1n) is 9.04. The number of hydrogen-bond acceptors (Lipinski definition) is 4. The highest BCUT2D eigenvalue weighted by atomic mass is 16.3. The van der Waals surface area contributed by atoms with Gasteiger partial charge in [-0.1, -0.05) is 30.3 Å². The molecule has 0 atom stereocenters. The van der Waals surface area contributed by atoms with Gasteiger partial charge in [0.2, 0.25) is 0 Å². The summed E-state index contributed by atoms with van der Waals surface area (Å²) < 4.78 is 6.16. The lowest BCUT2D eigenvalue weighted by molar-refractivity contribution is 0.523. The van der Waals surface area contributed by atoms with Crippen molar-refractivity contribution in [3.63, 3.8) is 0 Å². The minimum atomic E-state index is -0.142. The van der Waals surface area contributed by atoms with Crippen molar-refractivity contribution in [1.29, 1.82) is 0 Å². The van der Waals surface area contributed by atoms with E-state index in [0.717, 1.165) is 16.2 Å². The van der Waals surface area contributed by atoms with Crippen LogP contribution in [-0.2, 0) is 0 Å². The van der Waals surface area contributed by atoms with E-state index in [1.54, 1.807) is 0 Å². The Hall–Kier alpha value is -2.82. The molecular weight excluding hydrogens is 321 g/mol. The third-order valence-electron chi connectivity index (χ3n) is 5.89. The second-order valence-electron chi connectivity index (χ2n) is 7.66. The Morgan fingerprint density at radius 2 is 1.62 bits per heavy atom. The molecular formula is C21H22BN3O. The van der Waals surface area contributed by atoms with Crippen molar-refractivity contribution in [2.24, 2.45) is 0 Å². The van der Waals surface area contributed by atoms with E-state index in [0.29, 0.717) is 0 Å². The molecule has 5 rings (SSSR count). The first-order valence-corrected chi connectivity index (χ1v) is 9.04. The topological polar surface area (TPSA) is 22.9 Å². The monoisotopic (exact) mass is 343 g/mol. The van der Waals surface area contributed by atoms with Crippen molar-refractivity contribution in [3.8, 4) is 0 Å². The van der Waals surface area contributed by atoms with Crippen molar-refractivity contribution in [2.75, 3.05) is 23.8 Å². The molecule has 130 valence electrons. The number of benzene rings is 2. The van der Waals surface area contributed by atoms with Crippen molar-refractivity contribution in [3.05, 3.63) is 59.2 Å². The van der Waals surface area contributed by atoms with E-state index in [2.05, 4.69) is 91.0 Å². The van der Waals surface area contributed by atoms with E-state index in [-0.39, 0.29) is 12.6 Å². The van der Waals surface area contributed by atoms with Crippen LogP contribution in [0.3, 0.4) is 0 Å². The molecule has 0 spiro atoms. The van der Waals surface area contributed by atoms with Gasteiger partial charge < -0.3 is 18.9 Å². The fourth-order valence-corrected chi connectivity index (χ4v) is 4.30. The zero-order valence-electron chi connectivity index (χ0n) is 15.6. The van der Waals surface area contributed by atoms with Crippen LogP contribution in [0.1, 0.15) is 13.8 Å². The minimum absolute atomic E-state index is 0.0872. The fourth-order valence-electron chi connectivity index (χ4n) is 4.30. The summed E-state index contributed by atoms with van der Waals surface area (Å²) in [7, 11) is 4.31. The van der Waals surface area contributed by atoms with Crippen LogP contribution >= 0.6 is 0 Å². The summed E-state index contributed by atoms with van der Waals surface area (Å²) in [4.78, 5) is 7.09. The molecule has 0 amide bonds. The van der Waals surface area contributed by atoms with Crippen LogP contribution in [0.15, 0.2) is 52.9 Å². The van der Waals surface area contributed by atoms with Crippen LogP contribution in [-0.4, -0.2) is 31.6 Å². The predicted octanol–water partition coefficient (Wildman–Crippen LogP) is 2.62. The molecule has 4 nitrogen and oxygen atoms in total. The van der Waals surface area contributed by atoms with Gasteiger partial charge in [0.25, 0.3) is 0 Å². The Kier molecular flexibility index (Phi) is 3.03. The smallest absolute Gasteiger partial charge is 0.408 e. The first kappa shape index (κ1) is 15.4. The summed E-state index contributed by atoms with van der Waals surface area (Å²) in [5.74, 6) is 2.24. The number of para-hydroxylation sites is 3. The van der Waals surface area contributed by atoms with Crippen molar-refractivity contribution in [1.82, 2.24) is 4.81 Å². The zero-order valence-corrected chi connectivity index (χ0v) is 15.6. The number of hydrogen-bond donors (Lipinski definition) is 0. The van der Waals surface area contributed by atoms with Crippen molar-refractivity contribution >= 4 is 41.5 Å². The van der Waals surface area contributed by atoms with E-state index in [1.807, 2.05) is 12.1 Å². The van der Waals surface area contributed by atoms with Crippen LogP contribution < -0.4 is 20.3 Å². The average molecular weight is 343 g/mol. The van der Waals surface area contributed by atoms with E-state index < -0.39 is 0 Å². The summed E-state index contributed by atoms with van der Waals surface area (Å²) in [6, 6.07) is 16.9. The van der Waals surface area contributed by atoms with E-state index in [9.17, 15) is 0 Å². The molecule has 5 heteroatoms. The van der Waals surface area contributed by atoms with Gasteiger partial charge in [-0.15, -0.1) is 0 Å². The number of nitrogens with zero attached hydrogens (tertiary/aromatic N) is 3. The summed E-state index contributed by atoms with van der Waals surface area (Å²) in [6.07, 6.45) is 2.21. The van der Waals surface area contributed by atoms with Gasteiger partial charge in [0.1, 0.15) is 11.0 Å². The average Bonchev–Trinajstić information content (AvgIpc) is 3.08. The van der Waals surface area contributed by atoms with Gasteiger partial charge in [-0.05, 0) is 45.1 Å². The molecule has 26 heavy (non-hydrogen) atoms. The molecule has 1 aromatic heterocycles. The Bertz CT molecular complexity index is 1130. The van der Waals surface area contributed by atoms with Gasteiger partial charge in [-0.25, -0.2) is 0 Å². The maximum Gasteiger partial charge on any atom is 0.408 e. The Labute approximate surface area is 153 Å². The molecule has 2 aliphatic heterocycles. The van der Waals surface area contributed by atoms with E-state index >= 15 is 0 Å². The van der Waals surface area contributed by atoms with Crippen LogP contribution in [0.5, 0.6) is 0 Å². The quantitative estimate of drug-likeness (QED) is 0.634. The molecule has 0 fully saturated rings. The third-order valence-corrected chi connectivity index (χ3v) is 5.89. The van der Waals surface area contributed by atoms with Gasteiger partial charge in [0.05, 0.1) is 17.0 Å². The third kappa shape index (κ3) is 1.91. The first-order chi connectivity index (χ1) is 12.5. The summed E-state index contributed by atoms with van der Waals surface area (Å²) >= 11 is 0.